The molecule has 46 heavy (non-hydrogen) atoms. The molecule has 3 aromatic rings. The van der Waals surface area contributed by atoms with Crippen LogP contribution in [0.4, 0.5) is 0 Å². The quantitative estimate of drug-likeness (QED) is 0.0826. The Balaban J connectivity index is 1.22. The van der Waals surface area contributed by atoms with Gasteiger partial charge in [-0.2, -0.15) is 0 Å². The Morgan fingerprint density at radius 1 is 0.522 bits per heavy atom. The van der Waals surface area contributed by atoms with Gasteiger partial charge in [0, 0.05) is 63.0 Å². The molecule has 0 heterocycles. The fraction of sp³-hybridized carbons (Fsp3) is 0.361. The monoisotopic (exact) mass is 628 g/mol. The maximum Gasteiger partial charge on any atom is 0.220 e. The fourth-order valence-electron chi connectivity index (χ4n) is 4.85. The van der Waals surface area contributed by atoms with Gasteiger partial charge < -0.3 is 27.0 Å². The zero-order valence-electron chi connectivity index (χ0n) is 26.6. The van der Waals surface area contributed by atoms with Gasteiger partial charge in [0.15, 0.2) is 6.21 Å². The van der Waals surface area contributed by atoms with Gasteiger partial charge in [-0.3, -0.25) is 24.6 Å². The summed E-state index contributed by atoms with van der Waals surface area (Å²) in [6.07, 6.45) is 5.52. The van der Waals surface area contributed by atoms with Crippen LogP contribution < -0.4 is 32.4 Å². The number of hydrogen-bond acceptors (Lipinski definition) is 4. The van der Waals surface area contributed by atoms with E-state index in [-0.39, 0.29) is 23.6 Å². The molecule has 10 heteroatoms. The Kier molecular flexibility index (Phi) is 15.7. The van der Waals surface area contributed by atoms with Gasteiger partial charge in [0.1, 0.15) is 0 Å². The summed E-state index contributed by atoms with van der Waals surface area (Å²) < 4.78 is 0. The molecule has 3 aromatic carbocycles. The van der Waals surface area contributed by atoms with E-state index in [1.165, 1.54) is 6.21 Å². The van der Waals surface area contributed by atoms with E-state index in [2.05, 4.69) is 27.0 Å². The Labute approximate surface area is 271 Å². The number of hydrogen-bond donors (Lipinski definition) is 6. The van der Waals surface area contributed by atoms with E-state index in [1.807, 2.05) is 72.8 Å². The number of quaternary nitrogens is 1. The highest BCUT2D eigenvalue weighted by Gasteiger charge is 2.08. The van der Waals surface area contributed by atoms with Crippen LogP contribution in [0.25, 0.3) is 0 Å². The second-order valence-electron chi connectivity index (χ2n) is 11.3. The van der Waals surface area contributed by atoms with Crippen molar-refractivity contribution in [2.75, 3.05) is 0 Å². The van der Waals surface area contributed by atoms with Crippen LogP contribution in [-0.2, 0) is 51.9 Å². The lowest BCUT2D eigenvalue weighted by molar-refractivity contribution is -0.386. The van der Waals surface area contributed by atoms with Crippen LogP contribution in [0.15, 0.2) is 72.8 Å². The number of rotatable bonds is 20. The molecule has 0 aromatic heterocycles. The summed E-state index contributed by atoms with van der Waals surface area (Å²) in [7, 11) is 0. The van der Waals surface area contributed by atoms with E-state index in [0.29, 0.717) is 84.1 Å². The van der Waals surface area contributed by atoms with Crippen molar-refractivity contribution in [3.05, 3.63) is 106 Å². The molecular weight excluding hydrogens is 580 g/mol. The molecule has 0 saturated carbocycles. The highest BCUT2D eigenvalue weighted by atomic mass is 16.2. The molecule has 244 valence electrons. The van der Waals surface area contributed by atoms with Crippen molar-refractivity contribution in [2.45, 2.75) is 84.1 Å². The van der Waals surface area contributed by atoms with Gasteiger partial charge in [-0.05, 0) is 66.1 Å². The Hall–Kier alpha value is -4.83. The third-order valence-corrected chi connectivity index (χ3v) is 7.49. The number of carbonyl (C=O) groups excluding carboxylic acids is 4. The molecule has 3 rings (SSSR count). The van der Waals surface area contributed by atoms with Gasteiger partial charge >= 0.3 is 0 Å². The second-order valence-corrected chi connectivity index (χ2v) is 11.3. The van der Waals surface area contributed by atoms with Gasteiger partial charge in [-0.25, -0.2) is 0 Å². The van der Waals surface area contributed by atoms with Crippen LogP contribution in [0.3, 0.4) is 0 Å². The van der Waals surface area contributed by atoms with E-state index in [9.17, 15) is 19.2 Å². The molecule has 9 N–H and O–H groups in total. The zero-order chi connectivity index (χ0) is 33.0. The van der Waals surface area contributed by atoms with Crippen LogP contribution in [-0.4, -0.2) is 29.8 Å². The minimum absolute atomic E-state index is 0.0207. The topological polar surface area (TPSA) is 170 Å². The molecule has 0 aliphatic heterocycles. The Morgan fingerprint density at radius 3 is 1.22 bits per heavy atom. The van der Waals surface area contributed by atoms with Crippen molar-refractivity contribution in [1.29, 1.82) is 0 Å². The van der Waals surface area contributed by atoms with Gasteiger partial charge in [-0.1, -0.05) is 54.6 Å². The van der Waals surface area contributed by atoms with E-state index in [1.54, 1.807) is 0 Å². The highest BCUT2D eigenvalue weighted by molar-refractivity contribution is 5.78. The van der Waals surface area contributed by atoms with Crippen LogP contribution >= 0.6 is 0 Å². The molecular formula is C36H48N6O4+2. The first-order valence-electron chi connectivity index (χ1n) is 16.0. The molecule has 0 aliphatic rings. The summed E-state index contributed by atoms with van der Waals surface area (Å²) >= 11 is 0. The van der Waals surface area contributed by atoms with Crippen molar-refractivity contribution in [3.63, 3.8) is 0 Å². The van der Waals surface area contributed by atoms with Crippen LogP contribution in [0.5, 0.6) is 0 Å². The number of unbranched alkanes of at least 4 members (excludes halogenated alkanes) is 2. The molecule has 0 spiro atoms. The zero-order valence-corrected chi connectivity index (χ0v) is 26.6. The highest BCUT2D eigenvalue weighted by Crippen LogP contribution is 2.08. The molecule has 10 nitrogen and oxygen atoms in total. The molecule has 0 atom stereocenters. The van der Waals surface area contributed by atoms with Crippen molar-refractivity contribution in [2.24, 2.45) is 0 Å². The first kappa shape index (κ1) is 35.6. The van der Waals surface area contributed by atoms with E-state index >= 15 is 0 Å². The fourth-order valence-corrected chi connectivity index (χ4v) is 4.85. The van der Waals surface area contributed by atoms with Gasteiger partial charge in [0.25, 0.3) is 0 Å². The number of nitrogens with two attached hydrogens (primary N) is 1. The molecule has 4 amide bonds. The van der Waals surface area contributed by atoms with Gasteiger partial charge in [0.2, 0.25) is 23.6 Å². The molecule has 0 unspecified atom stereocenters. The van der Waals surface area contributed by atoms with Crippen molar-refractivity contribution in [1.82, 2.24) is 21.3 Å². The van der Waals surface area contributed by atoms with Gasteiger partial charge in [-0.15, -0.1) is 0 Å². The van der Waals surface area contributed by atoms with Crippen molar-refractivity contribution in [3.8, 4) is 0 Å². The Bertz CT molecular complexity index is 1460. The standard InChI is InChI=1S/C36H46N6O4/c37-21-27-8-5-10-29(18-27)23-39-33(43)14-1-3-16-35(45)41-25-31-12-7-13-32(20-31)26-42-36(46)17-4-2-15-34(44)40-24-30-11-6-9-28(19-30)22-38/h5-13,18-21,37H,1-4,14-17,22-26,38H2,(H,39,43)(H,40,44)(H,41,45)(H,42,46)/p+2. The lowest BCUT2D eigenvalue weighted by Gasteiger charge is -2.09. The SMILES string of the molecule is [NH2+]=Cc1cccc(CNC(=O)CCCCC(=O)NCc2cccc(CNC(=O)CCCCC(=O)NCc3cccc(C[NH3+])c3)c2)c1. The summed E-state index contributed by atoms with van der Waals surface area (Å²) in [4.78, 5) is 48.9. The number of carbonyl (C=O) groups is 4. The van der Waals surface area contributed by atoms with Crippen molar-refractivity contribution >= 4 is 29.8 Å². The first-order valence-corrected chi connectivity index (χ1v) is 16.0. The smallest absolute Gasteiger partial charge is 0.220 e. The van der Waals surface area contributed by atoms with E-state index in [0.717, 1.165) is 33.4 Å². The normalized spacial score (nSPS) is 10.5. The maximum absolute atomic E-state index is 12.3. The molecule has 0 aliphatic carbocycles. The average Bonchev–Trinajstić information content (AvgIpc) is 3.08. The third kappa shape index (κ3) is 14.3. The minimum atomic E-state index is -0.0640. The largest absolute Gasteiger partial charge is 0.354 e. The Morgan fingerprint density at radius 2 is 0.848 bits per heavy atom. The predicted octanol–water partition coefficient (Wildman–Crippen LogP) is 1.59. The van der Waals surface area contributed by atoms with E-state index in [4.69, 9.17) is 5.41 Å². The van der Waals surface area contributed by atoms with Crippen molar-refractivity contribution < 1.29 is 30.3 Å². The second kappa shape index (κ2) is 20.2. The molecule has 0 radical (unpaired) electrons. The molecule has 0 saturated heterocycles. The van der Waals surface area contributed by atoms with E-state index < -0.39 is 0 Å². The van der Waals surface area contributed by atoms with Crippen LogP contribution in [0.1, 0.15) is 84.7 Å². The summed E-state index contributed by atoms with van der Waals surface area (Å²) in [6, 6.07) is 23.4. The molecule has 0 fully saturated rings. The lowest BCUT2D eigenvalue weighted by Crippen LogP contribution is -2.47. The average molecular weight is 629 g/mol. The number of nitrogens with one attached hydrogen (secondary N) is 4. The minimum Gasteiger partial charge on any atom is -0.354 e. The predicted molar refractivity (Wildman–Crippen MR) is 177 cm³/mol. The summed E-state index contributed by atoms with van der Waals surface area (Å²) in [5.74, 6) is -0.187. The molecule has 0 bridgehead atoms. The number of benzene rings is 3. The summed E-state index contributed by atoms with van der Waals surface area (Å²) in [5.41, 5.74) is 9.85. The lowest BCUT2D eigenvalue weighted by atomic mass is 10.1. The van der Waals surface area contributed by atoms with Crippen LogP contribution in [0.2, 0.25) is 0 Å². The number of amides is 4. The maximum atomic E-state index is 12.3. The summed E-state index contributed by atoms with van der Waals surface area (Å²) in [5, 5.41) is 17.2. The summed E-state index contributed by atoms with van der Waals surface area (Å²) in [6.45, 7) is 2.43. The van der Waals surface area contributed by atoms with Crippen LogP contribution in [0, 0.1) is 0 Å². The van der Waals surface area contributed by atoms with Gasteiger partial charge in [0.05, 0.1) is 6.54 Å². The first-order chi connectivity index (χ1) is 22.3. The third-order valence-electron chi connectivity index (χ3n) is 7.49.